The average molecular weight is 154 g/mol. The first-order valence-corrected chi connectivity index (χ1v) is 2.83. The van der Waals surface area contributed by atoms with E-state index in [-0.39, 0.29) is 5.69 Å². The summed E-state index contributed by atoms with van der Waals surface area (Å²) >= 11 is 0. The van der Waals surface area contributed by atoms with Crippen LogP contribution in [0.4, 0.5) is 5.69 Å². The molecule has 0 spiro atoms. The molecule has 0 aromatic carbocycles. The Bertz CT molecular complexity index is 274. The van der Waals surface area contributed by atoms with Gasteiger partial charge in [0.1, 0.15) is 5.69 Å². The first kappa shape index (κ1) is 7.49. The van der Waals surface area contributed by atoms with Crippen molar-refractivity contribution in [2.75, 3.05) is 5.48 Å². The number of aromatic nitrogens is 1. The van der Waals surface area contributed by atoms with E-state index in [1.807, 2.05) is 5.48 Å². The average Bonchev–Trinajstić information content (AvgIpc) is 2.05. The molecule has 0 aliphatic rings. The number of pyridine rings is 1. The number of carboxylic acids is 1. The number of carbonyl (C=O) groups is 1. The van der Waals surface area contributed by atoms with Gasteiger partial charge >= 0.3 is 5.97 Å². The van der Waals surface area contributed by atoms with Gasteiger partial charge in [-0.2, -0.15) is 0 Å². The fourth-order valence-electron chi connectivity index (χ4n) is 0.617. The molecule has 0 fully saturated rings. The van der Waals surface area contributed by atoms with Gasteiger partial charge in [0.15, 0.2) is 0 Å². The smallest absolute Gasteiger partial charge is 0.354 e. The van der Waals surface area contributed by atoms with Crippen molar-refractivity contribution < 1.29 is 15.1 Å². The Balaban J connectivity index is 3.01. The summed E-state index contributed by atoms with van der Waals surface area (Å²) in [7, 11) is 0. The summed E-state index contributed by atoms with van der Waals surface area (Å²) in [4.78, 5) is 13.8. The number of rotatable bonds is 2. The van der Waals surface area contributed by atoms with E-state index in [1.165, 1.54) is 18.3 Å². The van der Waals surface area contributed by atoms with E-state index in [2.05, 4.69) is 4.98 Å². The summed E-state index contributed by atoms with van der Waals surface area (Å²) in [5, 5.41) is 16.8. The van der Waals surface area contributed by atoms with Crippen molar-refractivity contribution in [3.05, 3.63) is 24.0 Å². The van der Waals surface area contributed by atoms with E-state index in [0.29, 0.717) is 5.69 Å². The zero-order valence-electron chi connectivity index (χ0n) is 5.48. The highest BCUT2D eigenvalue weighted by Gasteiger charge is 2.03. The summed E-state index contributed by atoms with van der Waals surface area (Å²) < 4.78 is 0. The molecule has 1 aromatic heterocycles. The summed E-state index contributed by atoms with van der Waals surface area (Å²) in [5.41, 5.74) is 2.01. The zero-order valence-corrected chi connectivity index (χ0v) is 5.48. The first-order valence-electron chi connectivity index (χ1n) is 2.83. The molecule has 3 N–H and O–H groups in total. The number of carboxylic acid groups (broad SMARTS) is 1. The lowest BCUT2D eigenvalue weighted by molar-refractivity contribution is 0.0690. The molecule has 5 nitrogen and oxygen atoms in total. The van der Waals surface area contributed by atoms with Crippen LogP contribution in [-0.2, 0) is 0 Å². The molecule has 1 aromatic rings. The topological polar surface area (TPSA) is 82.5 Å². The van der Waals surface area contributed by atoms with E-state index in [1.54, 1.807) is 0 Å². The number of nitrogens with one attached hydrogen (secondary N) is 1. The second-order valence-corrected chi connectivity index (χ2v) is 1.85. The van der Waals surface area contributed by atoms with Crippen LogP contribution in [0.2, 0.25) is 0 Å². The Morgan fingerprint density at radius 2 is 2.36 bits per heavy atom. The Morgan fingerprint density at radius 3 is 2.91 bits per heavy atom. The lowest BCUT2D eigenvalue weighted by Gasteiger charge is -1.97. The molecule has 0 unspecified atom stereocenters. The van der Waals surface area contributed by atoms with E-state index in [0.717, 1.165) is 0 Å². The molecule has 0 aliphatic heterocycles. The summed E-state index contributed by atoms with van der Waals surface area (Å²) in [6.45, 7) is 0. The number of nitrogens with zero attached hydrogens (tertiary/aromatic N) is 1. The Kier molecular flexibility index (Phi) is 2.03. The van der Waals surface area contributed by atoms with Crippen molar-refractivity contribution >= 4 is 11.7 Å². The van der Waals surface area contributed by atoms with Gasteiger partial charge in [-0.05, 0) is 12.1 Å². The summed E-state index contributed by atoms with van der Waals surface area (Å²) in [5.74, 6) is -1.12. The van der Waals surface area contributed by atoms with Crippen LogP contribution >= 0.6 is 0 Å². The molecule has 1 rings (SSSR count). The van der Waals surface area contributed by atoms with Crippen LogP contribution in [0, 0.1) is 0 Å². The monoisotopic (exact) mass is 154 g/mol. The predicted octanol–water partition coefficient (Wildman–Crippen LogP) is 0.581. The standard InChI is InChI=1S/C6H6N2O3/c9-6(10)5-3-4(8-11)1-2-7-5/h1-3,11H,(H,7,8)(H,9,10). The van der Waals surface area contributed by atoms with Crippen LogP contribution in [0.3, 0.4) is 0 Å². The van der Waals surface area contributed by atoms with Gasteiger partial charge in [-0.25, -0.2) is 9.78 Å². The minimum Gasteiger partial charge on any atom is -0.477 e. The highest BCUT2D eigenvalue weighted by Crippen LogP contribution is 2.05. The normalized spacial score (nSPS) is 9.18. The molecule has 5 heteroatoms. The van der Waals surface area contributed by atoms with Gasteiger partial charge < -0.3 is 5.11 Å². The van der Waals surface area contributed by atoms with Crippen LogP contribution in [0.1, 0.15) is 10.5 Å². The molecule has 58 valence electrons. The van der Waals surface area contributed by atoms with Crippen LogP contribution in [0.25, 0.3) is 0 Å². The van der Waals surface area contributed by atoms with Gasteiger partial charge in [0.05, 0.1) is 5.69 Å². The van der Waals surface area contributed by atoms with E-state index < -0.39 is 5.97 Å². The SMILES string of the molecule is O=C(O)c1cc(NO)ccn1. The lowest BCUT2D eigenvalue weighted by Crippen LogP contribution is -2.00. The van der Waals surface area contributed by atoms with Gasteiger partial charge in [-0.3, -0.25) is 10.7 Å². The maximum atomic E-state index is 10.3. The minimum absolute atomic E-state index is 0.107. The number of hydrogen-bond donors (Lipinski definition) is 3. The van der Waals surface area contributed by atoms with Crippen molar-refractivity contribution in [3.8, 4) is 0 Å². The van der Waals surface area contributed by atoms with Gasteiger partial charge in [-0.1, -0.05) is 0 Å². The van der Waals surface area contributed by atoms with Crippen molar-refractivity contribution in [1.29, 1.82) is 0 Å². The van der Waals surface area contributed by atoms with Crippen molar-refractivity contribution in [2.45, 2.75) is 0 Å². The maximum Gasteiger partial charge on any atom is 0.354 e. The summed E-state index contributed by atoms with van der Waals surface area (Å²) in [6, 6.07) is 2.68. The molecule has 0 radical (unpaired) electrons. The van der Waals surface area contributed by atoms with Crippen molar-refractivity contribution in [3.63, 3.8) is 0 Å². The van der Waals surface area contributed by atoms with E-state index in [4.69, 9.17) is 10.3 Å². The fourth-order valence-corrected chi connectivity index (χ4v) is 0.617. The lowest BCUT2D eigenvalue weighted by atomic mass is 10.3. The zero-order chi connectivity index (χ0) is 8.27. The van der Waals surface area contributed by atoms with Gasteiger partial charge in [0.2, 0.25) is 0 Å². The molecular weight excluding hydrogens is 148 g/mol. The number of anilines is 1. The van der Waals surface area contributed by atoms with Crippen LogP contribution in [0.15, 0.2) is 18.3 Å². The Morgan fingerprint density at radius 1 is 1.64 bits per heavy atom. The van der Waals surface area contributed by atoms with Crippen molar-refractivity contribution in [2.24, 2.45) is 0 Å². The molecular formula is C6H6N2O3. The van der Waals surface area contributed by atoms with Gasteiger partial charge in [-0.15, -0.1) is 0 Å². The maximum absolute atomic E-state index is 10.3. The minimum atomic E-state index is -1.12. The Hall–Kier alpha value is -1.62. The molecule has 0 atom stereocenters. The largest absolute Gasteiger partial charge is 0.477 e. The van der Waals surface area contributed by atoms with E-state index >= 15 is 0 Å². The quantitative estimate of drug-likeness (QED) is 0.543. The van der Waals surface area contributed by atoms with Crippen molar-refractivity contribution in [1.82, 2.24) is 4.98 Å². The molecule has 0 aliphatic carbocycles. The number of aromatic carboxylic acids is 1. The third-order valence-electron chi connectivity index (χ3n) is 1.11. The molecule has 0 amide bonds. The highest BCUT2D eigenvalue weighted by molar-refractivity contribution is 5.86. The fraction of sp³-hybridized carbons (Fsp3) is 0. The second-order valence-electron chi connectivity index (χ2n) is 1.85. The Labute approximate surface area is 62.3 Å². The van der Waals surface area contributed by atoms with Crippen LogP contribution in [-0.4, -0.2) is 21.3 Å². The van der Waals surface area contributed by atoms with E-state index in [9.17, 15) is 4.79 Å². The molecule has 11 heavy (non-hydrogen) atoms. The molecule has 0 saturated carbocycles. The van der Waals surface area contributed by atoms with Gasteiger partial charge in [0, 0.05) is 6.20 Å². The van der Waals surface area contributed by atoms with Gasteiger partial charge in [0.25, 0.3) is 0 Å². The summed E-state index contributed by atoms with van der Waals surface area (Å²) in [6.07, 6.45) is 1.29. The highest BCUT2D eigenvalue weighted by atomic mass is 16.5. The molecule has 1 heterocycles. The predicted molar refractivity (Wildman–Crippen MR) is 36.6 cm³/mol. The first-order chi connectivity index (χ1) is 5.24. The third kappa shape index (κ3) is 1.65. The second kappa shape index (κ2) is 2.98. The van der Waals surface area contributed by atoms with Crippen LogP contribution < -0.4 is 5.48 Å². The molecule has 0 saturated heterocycles. The number of hydrogen-bond acceptors (Lipinski definition) is 4. The molecule has 0 bridgehead atoms. The third-order valence-corrected chi connectivity index (χ3v) is 1.11. The van der Waals surface area contributed by atoms with Crippen LogP contribution in [0.5, 0.6) is 0 Å².